The summed E-state index contributed by atoms with van der Waals surface area (Å²) in [6.45, 7) is 1.90. The molecule has 0 spiro atoms. The lowest BCUT2D eigenvalue weighted by atomic mass is 9.81. The first-order valence-corrected chi connectivity index (χ1v) is 7.13. The van der Waals surface area contributed by atoms with Crippen molar-refractivity contribution < 1.29 is 13.2 Å². The Kier molecular flexibility index (Phi) is 3.85. The Hall–Kier alpha value is -2.70. The van der Waals surface area contributed by atoms with E-state index >= 15 is 0 Å². The molecule has 7 heteroatoms. The van der Waals surface area contributed by atoms with Gasteiger partial charge in [-0.15, -0.1) is 5.10 Å². The van der Waals surface area contributed by atoms with Gasteiger partial charge in [-0.25, -0.2) is 8.78 Å². The van der Waals surface area contributed by atoms with E-state index in [0.29, 0.717) is 29.9 Å². The minimum atomic E-state index is -0.606. The average molecular weight is 318 g/mol. The van der Waals surface area contributed by atoms with Crippen LogP contribution in [0.1, 0.15) is 34.8 Å². The summed E-state index contributed by atoms with van der Waals surface area (Å²) in [5, 5.41) is 7.78. The van der Waals surface area contributed by atoms with Gasteiger partial charge in [0.1, 0.15) is 17.4 Å². The highest BCUT2D eigenvalue weighted by atomic mass is 19.1. The van der Waals surface area contributed by atoms with Gasteiger partial charge in [0.15, 0.2) is 0 Å². The number of hydrogen-bond acceptors (Lipinski definition) is 3. The number of nitrogens with two attached hydrogens (primary N) is 2. The predicted octanol–water partition coefficient (Wildman–Crippen LogP) is 2.57. The second-order valence-corrected chi connectivity index (χ2v) is 5.56. The molecule has 1 atom stereocenters. The van der Waals surface area contributed by atoms with E-state index in [1.54, 1.807) is 6.26 Å². The minimum Gasteiger partial charge on any atom is -0.468 e. The fourth-order valence-corrected chi connectivity index (χ4v) is 2.93. The van der Waals surface area contributed by atoms with Crippen LogP contribution in [0.4, 0.5) is 8.78 Å². The number of hydrogen-bond donors (Lipinski definition) is 2. The van der Waals surface area contributed by atoms with Crippen molar-refractivity contribution in [1.82, 2.24) is 0 Å². The highest BCUT2D eigenvalue weighted by Crippen LogP contribution is 2.36. The van der Waals surface area contributed by atoms with Gasteiger partial charge < -0.3 is 15.9 Å². The first-order chi connectivity index (χ1) is 11.0. The molecule has 0 saturated carbocycles. The number of fused-ring (bicyclic) bond motifs is 1. The summed E-state index contributed by atoms with van der Waals surface area (Å²) >= 11 is 0. The fraction of sp³-hybridized carbons (Fsp3) is 0.250. The fourth-order valence-electron chi connectivity index (χ4n) is 2.93. The van der Waals surface area contributed by atoms with Crippen molar-refractivity contribution in [2.75, 3.05) is 0 Å². The standard InChI is InChI=1S/C16H16F2N4O/c1-8-7-23-14-5-9(11-3-2-10(17)6-12(11)18)4-13(15(8)14)21-22-16(19)20/h2-3,6-7,9H,4-5H2,1H3,(H4,19,20,22)/b21-13+. The van der Waals surface area contributed by atoms with Crippen LogP contribution in [-0.4, -0.2) is 11.7 Å². The van der Waals surface area contributed by atoms with Crippen LogP contribution in [0, 0.1) is 18.6 Å². The second-order valence-electron chi connectivity index (χ2n) is 5.56. The Morgan fingerprint density at radius 3 is 2.74 bits per heavy atom. The molecule has 3 rings (SSSR count). The van der Waals surface area contributed by atoms with Crippen molar-refractivity contribution in [2.24, 2.45) is 21.7 Å². The second kappa shape index (κ2) is 5.83. The molecule has 1 aromatic heterocycles. The molecule has 4 N–H and O–H groups in total. The zero-order chi connectivity index (χ0) is 16.6. The third-order valence-corrected chi connectivity index (χ3v) is 3.90. The topological polar surface area (TPSA) is 89.9 Å². The molecule has 2 aromatic rings. The van der Waals surface area contributed by atoms with Gasteiger partial charge in [-0.3, -0.25) is 0 Å². The lowest BCUT2D eigenvalue weighted by Gasteiger charge is -2.23. The summed E-state index contributed by atoms with van der Waals surface area (Å²) in [5.74, 6) is -0.863. The summed E-state index contributed by atoms with van der Waals surface area (Å²) < 4.78 is 32.7. The minimum absolute atomic E-state index is 0.157. The van der Waals surface area contributed by atoms with E-state index in [1.165, 1.54) is 12.1 Å². The Labute approximate surface area is 131 Å². The van der Waals surface area contributed by atoms with Crippen molar-refractivity contribution in [1.29, 1.82) is 0 Å². The van der Waals surface area contributed by atoms with Crippen LogP contribution >= 0.6 is 0 Å². The molecule has 0 amide bonds. The summed E-state index contributed by atoms with van der Waals surface area (Å²) in [4.78, 5) is 0. The molecule has 1 heterocycles. The van der Waals surface area contributed by atoms with Gasteiger partial charge in [-0.05, 0) is 36.5 Å². The van der Waals surface area contributed by atoms with Gasteiger partial charge in [0.25, 0.3) is 0 Å². The Balaban J connectivity index is 2.04. The molecular formula is C16H16F2N4O. The maximum absolute atomic E-state index is 14.1. The molecule has 0 radical (unpaired) electrons. The Bertz CT molecular complexity index is 806. The van der Waals surface area contributed by atoms with Crippen LogP contribution in [-0.2, 0) is 6.42 Å². The highest BCUT2D eigenvalue weighted by molar-refractivity contribution is 6.04. The number of halogens is 2. The van der Waals surface area contributed by atoms with Gasteiger partial charge in [0, 0.05) is 18.1 Å². The average Bonchev–Trinajstić information content (AvgIpc) is 2.86. The van der Waals surface area contributed by atoms with E-state index < -0.39 is 11.6 Å². The van der Waals surface area contributed by atoms with Crippen molar-refractivity contribution in [3.05, 3.63) is 58.5 Å². The van der Waals surface area contributed by atoms with Gasteiger partial charge in [0.2, 0.25) is 5.96 Å². The summed E-state index contributed by atoms with van der Waals surface area (Å²) in [6, 6.07) is 3.58. The number of aryl methyl sites for hydroxylation is 1. The Morgan fingerprint density at radius 1 is 1.26 bits per heavy atom. The lowest BCUT2D eigenvalue weighted by molar-refractivity contribution is 0.471. The van der Waals surface area contributed by atoms with Crippen molar-refractivity contribution in [3.8, 4) is 0 Å². The number of rotatable bonds is 2. The van der Waals surface area contributed by atoms with Crippen molar-refractivity contribution >= 4 is 11.7 Å². The normalized spacial score (nSPS) is 18.7. The molecule has 0 fully saturated rings. The predicted molar refractivity (Wildman–Crippen MR) is 83.2 cm³/mol. The molecule has 1 aliphatic rings. The van der Waals surface area contributed by atoms with Gasteiger partial charge in [0.05, 0.1) is 12.0 Å². The molecule has 1 aliphatic carbocycles. The van der Waals surface area contributed by atoms with E-state index in [4.69, 9.17) is 15.9 Å². The number of furan rings is 1. The molecule has 5 nitrogen and oxygen atoms in total. The van der Waals surface area contributed by atoms with Crippen LogP contribution in [0.5, 0.6) is 0 Å². The van der Waals surface area contributed by atoms with Crippen LogP contribution < -0.4 is 11.5 Å². The first-order valence-electron chi connectivity index (χ1n) is 7.13. The molecule has 120 valence electrons. The molecule has 1 aromatic carbocycles. The molecular weight excluding hydrogens is 302 g/mol. The molecule has 0 saturated heterocycles. The van der Waals surface area contributed by atoms with Gasteiger partial charge in [-0.2, -0.15) is 5.10 Å². The third kappa shape index (κ3) is 2.94. The molecule has 23 heavy (non-hydrogen) atoms. The van der Waals surface area contributed by atoms with Crippen LogP contribution in [0.25, 0.3) is 0 Å². The van der Waals surface area contributed by atoms with Gasteiger partial charge >= 0.3 is 0 Å². The maximum atomic E-state index is 14.1. The van der Waals surface area contributed by atoms with E-state index in [0.717, 1.165) is 17.2 Å². The zero-order valence-corrected chi connectivity index (χ0v) is 12.5. The Morgan fingerprint density at radius 2 is 2.04 bits per heavy atom. The van der Waals surface area contributed by atoms with Crippen LogP contribution in [0.2, 0.25) is 0 Å². The van der Waals surface area contributed by atoms with E-state index in [-0.39, 0.29) is 11.9 Å². The van der Waals surface area contributed by atoms with Crippen LogP contribution in [0.3, 0.4) is 0 Å². The van der Waals surface area contributed by atoms with E-state index in [2.05, 4.69) is 10.2 Å². The van der Waals surface area contributed by atoms with Crippen molar-refractivity contribution in [3.63, 3.8) is 0 Å². The quantitative estimate of drug-likeness (QED) is 0.506. The lowest BCUT2D eigenvalue weighted by Crippen LogP contribution is -2.23. The van der Waals surface area contributed by atoms with Crippen LogP contribution in [0.15, 0.2) is 39.1 Å². The smallest absolute Gasteiger partial charge is 0.211 e. The SMILES string of the molecule is Cc1coc2c1/C(=N/N=C(N)N)CC(c1ccc(F)cc1F)C2. The van der Waals surface area contributed by atoms with Crippen molar-refractivity contribution in [2.45, 2.75) is 25.7 Å². The number of guanidine groups is 1. The number of nitrogens with zero attached hydrogens (tertiary/aromatic N) is 2. The maximum Gasteiger partial charge on any atom is 0.211 e. The zero-order valence-electron chi connectivity index (χ0n) is 12.5. The molecule has 0 bridgehead atoms. The molecule has 1 unspecified atom stereocenters. The first kappa shape index (κ1) is 15.2. The summed E-state index contributed by atoms with van der Waals surface area (Å²) in [5.41, 5.74) is 13.5. The van der Waals surface area contributed by atoms with Gasteiger partial charge in [-0.1, -0.05) is 6.07 Å². The summed E-state index contributed by atoms with van der Waals surface area (Å²) in [7, 11) is 0. The highest BCUT2D eigenvalue weighted by Gasteiger charge is 2.30. The largest absolute Gasteiger partial charge is 0.468 e. The molecule has 0 aliphatic heterocycles. The summed E-state index contributed by atoms with van der Waals surface area (Å²) in [6.07, 6.45) is 2.57. The number of benzene rings is 1. The van der Waals surface area contributed by atoms with E-state index in [1.807, 2.05) is 6.92 Å². The monoisotopic (exact) mass is 318 g/mol. The third-order valence-electron chi connectivity index (χ3n) is 3.90. The van der Waals surface area contributed by atoms with E-state index in [9.17, 15) is 8.78 Å².